The van der Waals surface area contributed by atoms with Gasteiger partial charge in [-0.1, -0.05) is 0 Å². The molecular weight excluding hydrogens is 217 g/mol. The third-order valence-electron chi connectivity index (χ3n) is 1.16. The molecule has 0 heterocycles. The molecule has 1 rings (SSSR count). The van der Waals surface area contributed by atoms with Crippen molar-refractivity contribution in [2.75, 3.05) is 0 Å². The van der Waals surface area contributed by atoms with Crippen molar-refractivity contribution in [1.29, 1.82) is 0 Å². The Morgan fingerprint density at radius 1 is 1.44 bits per heavy atom. The third-order valence-corrected chi connectivity index (χ3v) is 2.05. The zero-order chi connectivity index (χ0) is 6.69. The third kappa shape index (κ3) is 1.99. The monoisotopic (exact) mass is 226 g/mol. The van der Waals surface area contributed by atoms with Gasteiger partial charge in [0.2, 0.25) is 0 Å². The van der Waals surface area contributed by atoms with Crippen molar-refractivity contribution in [2.45, 2.75) is 6.54 Å². The Kier molecular flexibility index (Phi) is 2.54. The minimum atomic E-state index is 0.655. The first-order valence-electron chi connectivity index (χ1n) is 2.83. The first-order chi connectivity index (χ1) is 4.33. The molecule has 0 aliphatic carbocycles. The van der Waals surface area contributed by atoms with E-state index in [4.69, 9.17) is 5.73 Å². The van der Waals surface area contributed by atoms with E-state index >= 15 is 0 Å². The molecule has 1 nitrogen and oxygen atoms in total. The van der Waals surface area contributed by atoms with E-state index in [2.05, 4.69) is 12.1 Å². The summed E-state index contributed by atoms with van der Waals surface area (Å²) in [6.45, 7) is 0.655. The summed E-state index contributed by atoms with van der Waals surface area (Å²) in [5.74, 6) is 0. The molecule has 45 valence electrons. The van der Waals surface area contributed by atoms with E-state index in [9.17, 15) is 0 Å². The topological polar surface area (TPSA) is 26.0 Å². The molecule has 0 saturated heterocycles. The molecule has 0 atom stereocenters. The first-order valence-corrected chi connectivity index (χ1v) is 4.26. The molecule has 0 fully saturated rings. The molecule has 9 heavy (non-hydrogen) atoms. The van der Waals surface area contributed by atoms with Crippen LogP contribution < -0.4 is 9.31 Å². The van der Waals surface area contributed by atoms with Gasteiger partial charge in [0.05, 0.1) is 0 Å². The average molecular weight is 225 g/mol. The summed E-state index contributed by atoms with van der Waals surface area (Å²) in [6, 6.07) is 8.34. The molecular formula is C7H8NSn. The quantitative estimate of drug-likeness (QED) is 0.665. The minimum absolute atomic E-state index is 0.655. The van der Waals surface area contributed by atoms with Crippen molar-refractivity contribution in [2.24, 2.45) is 5.73 Å². The van der Waals surface area contributed by atoms with Crippen molar-refractivity contribution in [3.63, 3.8) is 0 Å². The normalized spacial score (nSPS) is 9.56. The van der Waals surface area contributed by atoms with Gasteiger partial charge in [0.1, 0.15) is 0 Å². The standard InChI is InChI=1S/C7H8N.Sn/c8-6-7-4-2-1-3-5-7;/h1-2,4-5H,6,8H2;. The van der Waals surface area contributed by atoms with Crippen molar-refractivity contribution >= 4 is 26.1 Å². The summed E-state index contributed by atoms with van der Waals surface area (Å²) in [5, 5.41) is 0. The molecule has 0 aliphatic rings. The predicted molar refractivity (Wildman–Crippen MR) is 39.7 cm³/mol. The van der Waals surface area contributed by atoms with Gasteiger partial charge in [-0.15, -0.1) is 0 Å². The van der Waals surface area contributed by atoms with Gasteiger partial charge in [0.15, 0.2) is 0 Å². The van der Waals surface area contributed by atoms with Crippen LogP contribution in [0.1, 0.15) is 5.56 Å². The molecule has 2 heteroatoms. The fraction of sp³-hybridized carbons (Fsp3) is 0.143. The zero-order valence-electron chi connectivity index (χ0n) is 5.09. The van der Waals surface area contributed by atoms with Crippen LogP contribution in [0.3, 0.4) is 0 Å². The Labute approximate surface area is 68.3 Å². The van der Waals surface area contributed by atoms with Crippen molar-refractivity contribution in [3.05, 3.63) is 29.8 Å². The summed E-state index contributed by atoms with van der Waals surface area (Å²) in [7, 11) is 0. The maximum absolute atomic E-state index is 5.43. The van der Waals surface area contributed by atoms with E-state index in [0.29, 0.717) is 6.54 Å². The Balaban J connectivity index is 2.94. The molecule has 3 radical (unpaired) electrons. The van der Waals surface area contributed by atoms with E-state index < -0.39 is 0 Å². The molecule has 0 amide bonds. The number of benzene rings is 1. The molecule has 0 bridgehead atoms. The van der Waals surface area contributed by atoms with Crippen LogP contribution in [-0.4, -0.2) is 22.5 Å². The Hall–Kier alpha value is -0.0213. The molecule has 1 aromatic carbocycles. The van der Waals surface area contributed by atoms with Crippen molar-refractivity contribution in [3.8, 4) is 0 Å². The SMILES string of the molecule is NCc1ccc[c]([Sn])c1. The van der Waals surface area contributed by atoms with E-state index in [1.54, 1.807) is 0 Å². The van der Waals surface area contributed by atoms with E-state index in [-0.39, 0.29) is 0 Å². The summed E-state index contributed by atoms with van der Waals surface area (Å²) in [6.07, 6.45) is 0. The molecule has 2 N–H and O–H groups in total. The van der Waals surface area contributed by atoms with E-state index in [1.165, 1.54) is 31.7 Å². The summed E-state index contributed by atoms with van der Waals surface area (Å²) >= 11 is 1.45. The van der Waals surface area contributed by atoms with Crippen molar-refractivity contribution in [1.82, 2.24) is 0 Å². The number of hydrogen-bond donors (Lipinski definition) is 1. The van der Waals surface area contributed by atoms with Gasteiger partial charge >= 0.3 is 68.2 Å². The number of hydrogen-bond acceptors (Lipinski definition) is 1. The van der Waals surface area contributed by atoms with Crippen LogP contribution in [0.15, 0.2) is 24.3 Å². The van der Waals surface area contributed by atoms with Gasteiger partial charge in [-0.3, -0.25) is 0 Å². The predicted octanol–water partition coefficient (Wildman–Crippen LogP) is -0.0609. The first kappa shape index (κ1) is 7.09. The summed E-state index contributed by atoms with van der Waals surface area (Å²) < 4.78 is 1.37. The fourth-order valence-electron chi connectivity index (χ4n) is 0.698. The summed E-state index contributed by atoms with van der Waals surface area (Å²) in [4.78, 5) is 0. The Morgan fingerprint density at radius 3 is 2.67 bits per heavy atom. The van der Waals surface area contributed by atoms with Crippen LogP contribution in [0.5, 0.6) is 0 Å². The van der Waals surface area contributed by atoms with Crippen LogP contribution in [0.4, 0.5) is 0 Å². The van der Waals surface area contributed by atoms with Crippen LogP contribution in [-0.2, 0) is 6.54 Å². The Morgan fingerprint density at radius 2 is 2.22 bits per heavy atom. The second-order valence-corrected chi connectivity index (χ2v) is 3.55. The number of nitrogens with two attached hydrogens (primary N) is 1. The molecule has 0 unspecified atom stereocenters. The van der Waals surface area contributed by atoms with Crippen molar-refractivity contribution < 1.29 is 0 Å². The van der Waals surface area contributed by atoms with Crippen LogP contribution in [0.25, 0.3) is 0 Å². The van der Waals surface area contributed by atoms with Gasteiger partial charge < -0.3 is 0 Å². The Bertz CT molecular complexity index is 198. The average Bonchev–Trinajstić information content (AvgIpc) is 1.88. The molecule has 0 aliphatic heterocycles. The van der Waals surface area contributed by atoms with Gasteiger partial charge in [-0.05, 0) is 0 Å². The molecule has 1 aromatic rings. The molecule has 0 spiro atoms. The zero-order valence-corrected chi connectivity index (χ0v) is 7.95. The molecule has 0 aromatic heterocycles. The second-order valence-electron chi connectivity index (χ2n) is 1.90. The van der Waals surface area contributed by atoms with Gasteiger partial charge in [0, 0.05) is 0 Å². The van der Waals surface area contributed by atoms with E-state index in [1.807, 2.05) is 12.1 Å². The molecule has 0 saturated carbocycles. The van der Waals surface area contributed by atoms with E-state index in [0.717, 1.165) is 0 Å². The van der Waals surface area contributed by atoms with Gasteiger partial charge in [0.25, 0.3) is 0 Å². The van der Waals surface area contributed by atoms with Crippen LogP contribution in [0, 0.1) is 0 Å². The van der Waals surface area contributed by atoms with Crippen LogP contribution >= 0.6 is 0 Å². The summed E-state index contributed by atoms with van der Waals surface area (Å²) in [5.41, 5.74) is 6.65. The van der Waals surface area contributed by atoms with Gasteiger partial charge in [-0.2, -0.15) is 0 Å². The fourth-order valence-corrected chi connectivity index (χ4v) is 1.50. The maximum atomic E-state index is 5.43. The van der Waals surface area contributed by atoms with Gasteiger partial charge in [-0.25, -0.2) is 0 Å². The second kappa shape index (κ2) is 3.22. The number of rotatable bonds is 1. The van der Waals surface area contributed by atoms with Crippen LogP contribution in [0.2, 0.25) is 0 Å².